The van der Waals surface area contributed by atoms with Crippen LogP contribution in [0, 0.1) is 5.41 Å². The van der Waals surface area contributed by atoms with Crippen molar-refractivity contribution in [3.63, 3.8) is 0 Å². The van der Waals surface area contributed by atoms with Gasteiger partial charge in [0, 0.05) is 0 Å². The molecule has 0 atom stereocenters. The van der Waals surface area contributed by atoms with E-state index < -0.39 is 9.84 Å². The molecule has 0 heterocycles. The van der Waals surface area contributed by atoms with Crippen molar-refractivity contribution in [2.24, 2.45) is 5.41 Å². The topological polar surface area (TPSA) is 34.1 Å². The van der Waals surface area contributed by atoms with Crippen molar-refractivity contribution in [1.29, 1.82) is 0 Å². The summed E-state index contributed by atoms with van der Waals surface area (Å²) in [6.07, 6.45) is 20.7. The lowest BCUT2D eigenvalue weighted by molar-refractivity contribution is 0.377. The summed E-state index contributed by atoms with van der Waals surface area (Å²) < 4.78 is 23.9. The first-order chi connectivity index (χ1) is 13.1. The van der Waals surface area contributed by atoms with Crippen molar-refractivity contribution in [2.75, 3.05) is 11.5 Å². The molecular weight excluding hydrogens is 364 g/mol. The van der Waals surface area contributed by atoms with Crippen LogP contribution in [0.5, 0.6) is 0 Å². The Morgan fingerprint density at radius 2 is 1.82 bits per heavy atom. The van der Waals surface area contributed by atoms with Crippen LogP contribution in [0.25, 0.3) is 0 Å². The molecule has 0 unspecified atom stereocenters. The fraction of sp³-hybridized carbons (Fsp3) is 0.440. The van der Waals surface area contributed by atoms with Gasteiger partial charge in [0.1, 0.15) is 0 Å². The van der Waals surface area contributed by atoms with Crippen molar-refractivity contribution in [3.05, 3.63) is 83.6 Å². The van der Waals surface area contributed by atoms with Crippen LogP contribution >= 0.6 is 0 Å². The van der Waals surface area contributed by atoms with Gasteiger partial charge in [-0.25, -0.2) is 8.42 Å². The predicted molar refractivity (Wildman–Crippen MR) is 124 cm³/mol. The van der Waals surface area contributed by atoms with Crippen molar-refractivity contribution in [1.82, 2.24) is 0 Å². The molecule has 0 spiro atoms. The Morgan fingerprint density at radius 3 is 2.46 bits per heavy atom. The number of hydrogen-bond acceptors (Lipinski definition) is 2. The molecule has 2 nitrogen and oxygen atoms in total. The second-order valence-corrected chi connectivity index (χ2v) is 10.4. The highest BCUT2D eigenvalue weighted by atomic mass is 32.2. The van der Waals surface area contributed by atoms with Gasteiger partial charge in [0.05, 0.1) is 11.5 Å². The van der Waals surface area contributed by atoms with Gasteiger partial charge in [-0.15, -0.1) is 0 Å². The Labute approximate surface area is 172 Å². The van der Waals surface area contributed by atoms with Crippen LogP contribution in [-0.2, 0) is 9.84 Å². The molecule has 0 aromatic rings. The number of hydrogen-bond donors (Lipinski definition) is 0. The number of allylic oxidation sites excluding steroid dienone is 11. The summed E-state index contributed by atoms with van der Waals surface area (Å²) in [7, 11) is -3.10. The summed E-state index contributed by atoms with van der Waals surface area (Å²) in [5, 5.41) is 0. The van der Waals surface area contributed by atoms with Gasteiger partial charge in [-0.2, -0.15) is 0 Å². The van der Waals surface area contributed by atoms with Crippen LogP contribution in [-0.4, -0.2) is 19.9 Å². The van der Waals surface area contributed by atoms with E-state index in [4.69, 9.17) is 0 Å². The maximum absolute atomic E-state index is 11.9. The Bertz CT molecular complexity index is 826. The summed E-state index contributed by atoms with van der Waals surface area (Å²) in [6, 6.07) is 0. The van der Waals surface area contributed by atoms with E-state index in [-0.39, 0.29) is 16.9 Å². The van der Waals surface area contributed by atoms with E-state index in [1.165, 1.54) is 36.0 Å². The monoisotopic (exact) mass is 400 g/mol. The lowest BCUT2D eigenvalue weighted by atomic mass is 9.72. The molecule has 0 aromatic heterocycles. The Morgan fingerprint density at radius 1 is 1.11 bits per heavy atom. The van der Waals surface area contributed by atoms with E-state index in [9.17, 15) is 8.42 Å². The predicted octanol–water partition coefficient (Wildman–Crippen LogP) is 6.68. The first kappa shape index (κ1) is 24.2. The first-order valence-electron chi connectivity index (χ1n) is 9.95. The van der Waals surface area contributed by atoms with Crippen LogP contribution in [0.4, 0.5) is 0 Å². The molecule has 1 rings (SSSR count). The normalized spacial score (nSPS) is 19.3. The Hall–Kier alpha value is -1.87. The molecule has 28 heavy (non-hydrogen) atoms. The standard InChI is InChI=1S/C25H36O2S/c1-7-8-9-19-28(26,27)20-17-22(3)13-10-12-21(2)15-16-24-23(4)14-11-18-25(24,5)6/h7-10,12-13,15-17H,1,11,14,18-20H2,2-6H3. The Kier molecular flexibility index (Phi) is 9.68. The second-order valence-electron chi connectivity index (χ2n) is 8.22. The SMILES string of the molecule is C=CC=CCS(=O)(=O)CC=C(C)C=CC=C(C)C=CC1=C(C)CCCC1(C)C. The molecular formula is C25H36O2S. The number of rotatable bonds is 9. The maximum atomic E-state index is 11.9. The maximum Gasteiger partial charge on any atom is 0.157 e. The molecule has 0 aliphatic heterocycles. The van der Waals surface area contributed by atoms with E-state index in [0.29, 0.717) is 0 Å². The van der Waals surface area contributed by atoms with E-state index >= 15 is 0 Å². The van der Waals surface area contributed by atoms with E-state index in [1.807, 2.05) is 19.1 Å². The van der Waals surface area contributed by atoms with Crippen molar-refractivity contribution in [3.8, 4) is 0 Å². The summed E-state index contributed by atoms with van der Waals surface area (Å²) >= 11 is 0. The largest absolute Gasteiger partial charge is 0.228 e. The summed E-state index contributed by atoms with van der Waals surface area (Å²) in [4.78, 5) is 0. The lowest BCUT2D eigenvalue weighted by Crippen LogP contribution is -2.19. The smallest absolute Gasteiger partial charge is 0.157 e. The summed E-state index contributed by atoms with van der Waals surface area (Å²) in [5.74, 6) is 0.0949. The average Bonchev–Trinajstić information content (AvgIpc) is 2.59. The molecule has 3 heteroatoms. The van der Waals surface area contributed by atoms with Gasteiger partial charge >= 0.3 is 0 Å². The zero-order valence-corrected chi connectivity index (χ0v) is 19.0. The van der Waals surface area contributed by atoms with Crippen LogP contribution < -0.4 is 0 Å². The molecule has 0 amide bonds. The molecule has 0 saturated heterocycles. The molecule has 0 fully saturated rings. The molecule has 1 aliphatic rings. The van der Waals surface area contributed by atoms with Crippen LogP contribution in [0.3, 0.4) is 0 Å². The second kappa shape index (κ2) is 11.2. The van der Waals surface area contributed by atoms with Crippen LogP contribution in [0.15, 0.2) is 83.6 Å². The fourth-order valence-electron chi connectivity index (χ4n) is 3.33. The van der Waals surface area contributed by atoms with E-state index in [2.05, 4.69) is 52.5 Å². The third-order valence-corrected chi connectivity index (χ3v) is 6.43. The quantitative estimate of drug-likeness (QED) is 0.405. The van der Waals surface area contributed by atoms with Crippen LogP contribution in [0.1, 0.15) is 53.9 Å². The number of sulfone groups is 1. The van der Waals surface area contributed by atoms with E-state index in [1.54, 1.807) is 24.3 Å². The average molecular weight is 401 g/mol. The lowest BCUT2D eigenvalue weighted by Gasteiger charge is -2.32. The molecule has 0 N–H and O–H groups in total. The molecule has 0 saturated carbocycles. The van der Waals surface area contributed by atoms with Crippen LogP contribution in [0.2, 0.25) is 0 Å². The van der Waals surface area contributed by atoms with Gasteiger partial charge in [-0.05, 0) is 51.0 Å². The van der Waals surface area contributed by atoms with Crippen molar-refractivity contribution in [2.45, 2.75) is 53.9 Å². The first-order valence-corrected chi connectivity index (χ1v) is 11.8. The van der Waals surface area contributed by atoms with Gasteiger partial charge in [-0.1, -0.05) is 91.8 Å². The van der Waals surface area contributed by atoms with Gasteiger partial charge in [0.2, 0.25) is 0 Å². The summed E-state index contributed by atoms with van der Waals surface area (Å²) in [5.41, 5.74) is 5.32. The zero-order valence-electron chi connectivity index (χ0n) is 18.2. The molecule has 1 aliphatic carbocycles. The highest BCUT2D eigenvalue weighted by Crippen LogP contribution is 2.40. The Balaban J connectivity index is 2.70. The van der Waals surface area contributed by atoms with Gasteiger partial charge < -0.3 is 0 Å². The molecule has 0 bridgehead atoms. The fourth-order valence-corrected chi connectivity index (χ4v) is 4.38. The van der Waals surface area contributed by atoms with Gasteiger partial charge in [-0.3, -0.25) is 0 Å². The molecule has 0 aromatic carbocycles. The van der Waals surface area contributed by atoms with Crippen molar-refractivity contribution >= 4 is 9.84 Å². The molecule has 0 radical (unpaired) electrons. The highest BCUT2D eigenvalue weighted by molar-refractivity contribution is 7.91. The molecule has 154 valence electrons. The third kappa shape index (κ3) is 8.88. The minimum Gasteiger partial charge on any atom is -0.228 e. The van der Waals surface area contributed by atoms with Crippen molar-refractivity contribution < 1.29 is 8.42 Å². The summed E-state index contributed by atoms with van der Waals surface area (Å²) in [6.45, 7) is 14.4. The third-order valence-electron chi connectivity index (χ3n) is 5.06. The minimum atomic E-state index is -3.10. The zero-order chi connectivity index (χ0) is 21.2. The van der Waals surface area contributed by atoms with E-state index in [0.717, 1.165) is 5.57 Å². The highest BCUT2D eigenvalue weighted by Gasteiger charge is 2.26. The van der Waals surface area contributed by atoms with Gasteiger partial charge in [0.15, 0.2) is 9.84 Å². The van der Waals surface area contributed by atoms with Gasteiger partial charge in [0.25, 0.3) is 0 Å². The minimum absolute atomic E-state index is 0.0436.